The molecule has 1 N–H and O–H groups in total. The quantitative estimate of drug-likeness (QED) is 0.185. The first-order chi connectivity index (χ1) is 18.4. The summed E-state index contributed by atoms with van der Waals surface area (Å²) >= 11 is 3.58. The van der Waals surface area contributed by atoms with Crippen LogP contribution in [0.2, 0.25) is 0 Å². The molecule has 0 aliphatic heterocycles. The van der Waals surface area contributed by atoms with Crippen molar-refractivity contribution in [3.63, 3.8) is 0 Å². The number of aryl methyl sites for hydroxylation is 1. The van der Waals surface area contributed by atoms with Crippen LogP contribution in [0.15, 0.2) is 88.4 Å². The molecule has 0 aliphatic rings. The molecule has 8 heteroatoms. The molecule has 0 atom stereocenters. The van der Waals surface area contributed by atoms with E-state index in [-0.39, 0.29) is 5.91 Å². The first-order valence-corrected chi connectivity index (χ1v) is 12.9. The zero-order valence-corrected chi connectivity index (χ0v) is 22.9. The maximum atomic E-state index is 13.2. The van der Waals surface area contributed by atoms with Crippen LogP contribution in [0.4, 0.5) is 0 Å². The van der Waals surface area contributed by atoms with Gasteiger partial charge < -0.3 is 4.74 Å². The van der Waals surface area contributed by atoms with Gasteiger partial charge in [0.1, 0.15) is 5.75 Å². The Bertz CT molecular complexity index is 1660. The summed E-state index contributed by atoms with van der Waals surface area (Å²) in [4.78, 5) is 18.0. The van der Waals surface area contributed by atoms with E-state index in [1.807, 2.05) is 91.3 Å². The second-order valence-electron chi connectivity index (χ2n) is 8.85. The van der Waals surface area contributed by atoms with Crippen molar-refractivity contribution in [1.82, 2.24) is 20.2 Å². The van der Waals surface area contributed by atoms with Crippen LogP contribution in [0.25, 0.3) is 22.2 Å². The number of aromatic nitrogens is 3. The monoisotopic (exact) mass is 567 g/mol. The molecule has 5 rings (SSSR count). The molecular formula is C30H26BrN5O2. The van der Waals surface area contributed by atoms with Crippen molar-refractivity contribution in [1.29, 1.82) is 0 Å². The average molecular weight is 568 g/mol. The van der Waals surface area contributed by atoms with E-state index < -0.39 is 0 Å². The minimum Gasteiger partial charge on any atom is -0.496 e. The van der Waals surface area contributed by atoms with Gasteiger partial charge in [0.2, 0.25) is 0 Å². The third-order valence-corrected chi connectivity index (χ3v) is 7.48. The SMILES string of the molecule is COc1ccc(/C=N/NC(=O)c2cc(-c3ccccc3)nc3ccccc23)cc1Cn1nc(C)c(Br)c1C. The zero-order chi connectivity index (χ0) is 26.6. The van der Waals surface area contributed by atoms with Crippen LogP contribution in [-0.4, -0.2) is 34.0 Å². The topological polar surface area (TPSA) is 81.4 Å². The predicted octanol–water partition coefficient (Wildman–Crippen LogP) is 6.30. The molecule has 5 aromatic rings. The number of hydrogen-bond acceptors (Lipinski definition) is 5. The fourth-order valence-electron chi connectivity index (χ4n) is 4.34. The number of para-hydroxylation sites is 1. The van der Waals surface area contributed by atoms with Crippen molar-refractivity contribution in [2.24, 2.45) is 5.10 Å². The number of pyridine rings is 1. The second-order valence-corrected chi connectivity index (χ2v) is 9.64. The summed E-state index contributed by atoms with van der Waals surface area (Å²) in [5.74, 6) is 0.449. The standard InChI is InChI=1S/C30H26BrN5O2/c1-19-29(31)20(2)36(35-19)18-23-15-21(13-14-28(23)38-3)17-32-34-30(37)25-16-27(22-9-5-4-6-10-22)33-26-12-8-7-11-24(25)26/h4-17H,18H2,1-3H3,(H,34,37)/b32-17+. The first-order valence-electron chi connectivity index (χ1n) is 12.1. The van der Waals surface area contributed by atoms with E-state index in [2.05, 4.69) is 31.6 Å². The fourth-order valence-corrected chi connectivity index (χ4v) is 4.62. The Morgan fingerprint density at radius 1 is 1.05 bits per heavy atom. The van der Waals surface area contributed by atoms with E-state index in [4.69, 9.17) is 9.72 Å². The number of carbonyl (C=O) groups excluding carboxylic acids is 1. The van der Waals surface area contributed by atoms with E-state index in [1.165, 1.54) is 0 Å². The highest BCUT2D eigenvalue weighted by Gasteiger charge is 2.14. The largest absolute Gasteiger partial charge is 0.496 e. The van der Waals surface area contributed by atoms with Gasteiger partial charge in [0.15, 0.2) is 0 Å². The maximum absolute atomic E-state index is 13.2. The normalized spacial score (nSPS) is 11.3. The van der Waals surface area contributed by atoms with Crippen LogP contribution in [0, 0.1) is 13.8 Å². The van der Waals surface area contributed by atoms with E-state index >= 15 is 0 Å². The smallest absolute Gasteiger partial charge is 0.272 e. The van der Waals surface area contributed by atoms with E-state index in [0.717, 1.165) is 54.9 Å². The predicted molar refractivity (Wildman–Crippen MR) is 154 cm³/mol. The molecule has 0 radical (unpaired) electrons. The van der Waals surface area contributed by atoms with Crippen LogP contribution in [0.1, 0.15) is 32.9 Å². The molecule has 2 heterocycles. The van der Waals surface area contributed by atoms with Crippen LogP contribution < -0.4 is 10.2 Å². The van der Waals surface area contributed by atoms with Gasteiger partial charge in [-0.1, -0.05) is 48.5 Å². The third kappa shape index (κ3) is 5.21. The Morgan fingerprint density at radius 2 is 1.82 bits per heavy atom. The highest BCUT2D eigenvalue weighted by atomic mass is 79.9. The lowest BCUT2D eigenvalue weighted by molar-refractivity contribution is 0.0956. The summed E-state index contributed by atoms with van der Waals surface area (Å²) in [5, 5.41) is 9.62. The van der Waals surface area contributed by atoms with Crippen molar-refractivity contribution >= 4 is 39.0 Å². The number of nitrogens with one attached hydrogen (secondary N) is 1. The fraction of sp³-hybridized carbons (Fsp3) is 0.133. The third-order valence-electron chi connectivity index (χ3n) is 6.33. The number of halogens is 1. The Labute approximate surface area is 229 Å². The minimum absolute atomic E-state index is 0.307. The van der Waals surface area contributed by atoms with Crippen LogP contribution >= 0.6 is 15.9 Å². The van der Waals surface area contributed by atoms with Crippen molar-refractivity contribution < 1.29 is 9.53 Å². The summed E-state index contributed by atoms with van der Waals surface area (Å²) in [7, 11) is 1.65. The van der Waals surface area contributed by atoms with Crippen molar-refractivity contribution in [2.45, 2.75) is 20.4 Å². The molecule has 2 aromatic heterocycles. The van der Waals surface area contributed by atoms with Crippen molar-refractivity contribution in [3.8, 4) is 17.0 Å². The van der Waals surface area contributed by atoms with E-state index in [1.54, 1.807) is 19.4 Å². The highest BCUT2D eigenvalue weighted by Crippen LogP contribution is 2.26. The van der Waals surface area contributed by atoms with Gasteiger partial charge >= 0.3 is 0 Å². The number of hydrogen-bond donors (Lipinski definition) is 1. The molecule has 190 valence electrons. The number of amides is 1. The van der Waals surface area contributed by atoms with Crippen molar-refractivity contribution in [2.75, 3.05) is 7.11 Å². The van der Waals surface area contributed by atoms with Crippen LogP contribution in [-0.2, 0) is 6.54 Å². The first kappa shape index (κ1) is 25.4. The number of methoxy groups -OCH3 is 1. The Balaban J connectivity index is 1.39. The summed E-state index contributed by atoms with van der Waals surface area (Å²) < 4.78 is 8.49. The maximum Gasteiger partial charge on any atom is 0.272 e. The summed E-state index contributed by atoms with van der Waals surface area (Å²) in [6.07, 6.45) is 1.62. The van der Waals surface area contributed by atoms with Gasteiger partial charge in [-0.05, 0) is 65.7 Å². The lowest BCUT2D eigenvalue weighted by atomic mass is 10.0. The zero-order valence-electron chi connectivity index (χ0n) is 21.3. The second kappa shape index (κ2) is 11.0. The number of nitrogens with zero attached hydrogens (tertiary/aromatic N) is 4. The highest BCUT2D eigenvalue weighted by molar-refractivity contribution is 9.10. The van der Waals surface area contributed by atoms with Crippen LogP contribution in [0.3, 0.4) is 0 Å². The van der Waals surface area contributed by atoms with Gasteiger partial charge in [-0.2, -0.15) is 10.2 Å². The molecule has 0 unspecified atom stereocenters. The van der Waals surface area contributed by atoms with E-state index in [9.17, 15) is 4.79 Å². The molecule has 0 fully saturated rings. The minimum atomic E-state index is -0.307. The molecular weight excluding hydrogens is 542 g/mol. The molecule has 7 nitrogen and oxygen atoms in total. The lowest BCUT2D eigenvalue weighted by Gasteiger charge is -2.11. The molecule has 0 saturated heterocycles. The van der Waals surface area contributed by atoms with Crippen molar-refractivity contribution in [3.05, 3.63) is 111 Å². The van der Waals surface area contributed by atoms with Crippen LogP contribution in [0.5, 0.6) is 5.75 Å². The van der Waals surface area contributed by atoms with Gasteiger partial charge in [0.05, 0.1) is 52.5 Å². The van der Waals surface area contributed by atoms with Gasteiger partial charge in [-0.3, -0.25) is 9.48 Å². The number of fused-ring (bicyclic) bond motifs is 1. The van der Waals surface area contributed by atoms with Gasteiger partial charge in [-0.15, -0.1) is 0 Å². The molecule has 0 aliphatic carbocycles. The van der Waals surface area contributed by atoms with Gasteiger partial charge in [0.25, 0.3) is 5.91 Å². The molecule has 38 heavy (non-hydrogen) atoms. The molecule has 0 bridgehead atoms. The number of benzene rings is 3. The molecule has 0 saturated carbocycles. The molecule has 1 amide bonds. The molecule has 0 spiro atoms. The Morgan fingerprint density at radius 3 is 2.55 bits per heavy atom. The number of rotatable bonds is 7. The van der Waals surface area contributed by atoms with E-state index in [0.29, 0.717) is 12.1 Å². The van der Waals surface area contributed by atoms with Gasteiger partial charge in [-0.25, -0.2) is 10.4 Å². The number of carbonyl (C=O) groups is 1. The summed E-state index contributed by atoms with van der Waals surface area (Å²) in [5.41, 5.74) is 9.36. The average Bonchev–Trinajstić information content (AvgIpc) is 3.19. The van der Waals surface area contributed by atoms with Gasteiger partial charge in [0, 0.05) is 16.5 Å². The molecule has 3 aromatic carbocycles. The summed E-state index contributed by atoms with van der Waals surface area (Å²) in [6.45, 7) is 4.52. The summed E-state index contributed by atoms with van der Waals surface area (Å²) in [6, 6.07) is 25.0. The Kier molecular flexibility index (Phi) is 7.33. The Hall–Kier alpha value is -4.30. The number of hydrazone groups is 1. The lowest BCUT2D eigenvalue weighted by Crippen LogP contribution is -2.18. The number of ether oxygens (including phenoxy) is 1.